The smallest absolute Gasteiger partial charge is 0.379 e. The van der Waals surface area contributed by atoms with Crippen LogP contribution in [0.15, 0.2) is 27.3 Å². The summed E-state index contributed by atoms with van der Waals surface area (Å²) in [6, 6.07) is 4.27. The molecule has 0 bridgehead atoms. The van der Waals surface area contributed by atoms with Gasteiger partial charge in [-0.1, -0.05) is 0 Å². The minimum atomic E-state index is -0.686. The number of aromatic nitrogens is 2. The third-order valence-electron chi connectivity index (χ3n) is 2.09. The predicted octanol–water partition coefficient (Wildman–Crippen LogP) is 2.49. The lowest BCUT2D eigenvalue weighted by molar-refractivity contribution is -0.391. The molecule has 1 aromatic heterocycles. The average molecular weight is 317 g/mol. The summed E-state index contributed by atoms with van der Waals surface area (Å²) in [4.78, 5) is 9.86. The fourth-order valence-corrected chi connectivity index (χ4v) is 1.62. The van der Waals surface area contributed by atoms with Gasteiger partial charge in [-0.05, 0) is 44.2 Å². The summed E-state index contributed by atoms with van der Waals surface area (Å²) in [5, 5.41) is 20.0. The lowest BCUT2D eigenvalue weighted by Gasteiger charge is -2.04. The first-order chi connectivity index (χ1) is 8.58. The van der Waals surface area contributed by atoms with Gasteiger partial charge in [0, 0.05) is 5.69 Å². The van der Waals surface area contributed by atoms with Gasteiger partial charge in [0.15, 0.2) is 5.16 Å². The number of nitro groups is 1. The van der Waals surface area contributed by atoms with Crippen LogP contribution in [0.3, 0.4) is 0 Å². The minimum absolute atomic E-state index is 0.0535. The molecule has 0 atom stereocenters. The molecule has 0 aliphatic rings. The van der Waals surface area contributed by atoms with Gasteiger partial charge in [-0.2, -0.15) is 0 Å². The van der Waals surface area contributed by atoms with Crippen LogP contribution in [0.25, 0.3) is 0 Å². The third-order valence-corrected chi connectivity index (χ3v) is 2.70. The number of anilines is 1. The van der Waals surface area contributed by atoms with Crippen molar-refractivity contribution in [3.63, 3.8) is 0 Å². The minimum Gasteiger partial charge on any atom is -0.379 e. The number of nitrogens with zero attached hydrogens (tertiary/aromatic N) is 3. The Balaban J connectivity index is 2.09. The highest BCUT2D eigenvalue weighted by atomic mass is 79.9. The van der Waals surface area contributed by atoms with E-state index in [0.717, 1.165) is 0 Å². The van der Waals surface area contributed by atoms with E-state index in [9.17, 15) is 14.5 Å². The quantitative estimate of drug-likeness (QED) is 0.688. The first-order valence-electron chi connectivity index (χ1n) is 4.72. The fourth-order valence-electron chi connectivity index (χ4n) is 1.24. The Bertz CT molecular complexity index is 589. The van der Waals surface area contributed by atoms with E-state index in [1.54, 1.807) is 0 Å². The summed E-state index contributed by atoms with van der Waals surface area (Å²) < 4.78 is 17.6. The van der Waals surface area contributed by atoms with Crippen molar-refractivity contribution in [2.75, 3.05) is 5.32 Å². The highest BCUT2D eigenvalue weighted by molar-refractivity contribution is 9.10. The summed E-state index contributed by atoms with van der Waals surface area (Å²) in [5.41, 5.74) is 0.654. The Morgan fingerprint density at radius 3 is 2.94 bits per heavy atom. The zero-order chi connectivity index (χ0) is 13.1. The van der Waals surface area contributed by atoms with Gasteiger partial charge in [-0.3, -0.25) is 0 Å². The largest absolute Gasteiger partial charge is 0.439 e. The van der Waals surface area contributed by atoms with Gasteiger partial charge in [-0.15, -0.1) is 4.63 Å². The van der Waals surface area contributed by atoms with Crippen LogP contribution < -0.4 is 5.32 Å². The first-order valence-corrected chi connectivity index (χ1v) is 5.52. The molecule has 0 amide bonds. The van der Waals surface area contributed by atoms with Crippen molar-refractivity contribution >= 4 is 27.4 Å². The second-order valence-corrected chi connectivity index (χ2v) is 4.13. The van der Waals surface area contributed by atoms with Gasteiger partial charge >= 0.3 is 5.82 Å². The molecular formula is C9H6BrFN4O3. The second kappa shape index (κ2) is 5.08. The predicted molar refractivity (Wildman–Crippen MR) is 62.4 cm³/mol. The Morgan fingerprint density at radius 2 is 2.28 bits per heavy atom. The van der Waals surface area contributed by atoms with Crippen LogP contribution in [0.2, 0.25) is 0 Å². The van der Waals surface area contributed by atoms with Crippen molar-refractivity contribution in [1.29, 1.82) is 0 Å². The highest BCUT2D eigenvalue weighted by Crippen LogP contribution is 2.21. The molecule has 0 saturated heterocycles. The third kappa shape index (κ3) is 2.62. The molecule has 1 N–H and O–H groups in total. The topological polar surface area (TPSA) is 94.1 Å². The fraction of sp³-hybridized carbons (Fsp3) is 0.111. The maximum Gasteiger partial charge on any atom is 0.439 e. The summed E-state index contributed by atoms with van der Waals surface area (Å²) in [6.07, 6.45) is 0. The summed E-state index contributed by atoms with van der Waals surface area (Å²) >= 11 is 3.03. The molecule has 1 heterocycles. The zero-order valence-electron chi connectivity index (χ0n) is 8.76. The van der Waals surface area contributed by atoms with E-state index in [2.05, 4.69) is 36.2 Å². The Hall–Kier alpha value is -2.03. The number of nitrogens with one attached hydrogen (secondary N) is 1. The zero-order valence-corrected chi connectivity index (χ0v) is 10.3. The molecule has 0 aliphatic carbocycles. The van der Waals surface area contributed by atoms with Crippen LogP contribution in [-0.4, -0.2) is 15.2 Å². The van der Waals surface area contributed by atoms with E-state index in [1.165, 1.54) is 18.2 Å². The maximum atomic E-state index is 13.0. The van der Waals surface area contributed by atoms with E-state index >= 15 is 0 Å². The van der Waals surface area contributed by atoms with Crippen LogP contribution >= 0.6 is 15.9 Å². The van der Waals surface area contributed by atoms with Gasteiger partial charge in [-0.25, -0.2) is 4.39 Å². The SMILES string of the molecule is O=[N+]([O-])c1nonc1CNc1ccc(F)c(Br)c1. The number of hydrogen-bond donors (Lipinski definition) is 1. The molecule has 2 aromatic rings. The molecule has 9 heteroatoms. The van der Waals surface area contributed by atoms with Gasteiger partial charge < -0.3 is 15.4 Å². The lowest BCUT2D eigenvalue weighted by atomic mass is 10.3. The number of halogens is 2. The molecule has 94 valence electrons. The van der Waals surface area contributed by atoms with Gasteiger partial charge in [0.2, 0.25) is 5.69 Å². The van der Waals surface area contributed by atoms with Crippen molar-refractivity contribution in [2.24, 2.45) is 0 Å². The Labute approximate surface area is 108 Å². The van der Waals surface area contributed by atoms with E-state index in [-0.39, 0.29) is 12.2 Å². The lowest BCUT2D eigenvalue weighted by Crippen LogP contribution is -2.03. The molecule has 0 spiro atoms. The van der Waals surface area contributed by atoms with Crippen molar-refractivity contribution in [3.05, 3.63) is 44.3 Å². The van der Waals surface area contributed by atoms with Crippen LogP contribution in [0.1, 0.15) is 5.69 Å². The summed E-state index contributed by atoms with van der Waals surface area (Å²) in [5.74, 6) is -0.835. The molecule has 7 nitrogen and oxygen atoms in total. The molecule has 0 fully saturated rings. The van der Waals surface area contributed by atoms with E-state index in [0.29, 0.717) is 10.2 Å². The number of hydrogen-bond acceptors (Lipinski definition) is 6. The van der Waals surface area contributed by atoms with Gasteiger partial charge in [0.05, 0.1) is 11.0 Å². The molecule has 0 saturated carbocycles. The van der Waals surface area contributed by atoms with E-state index in [4.69, 9.17) is 0 Å². The maximum absolute atomic E-state index is 13.0. The molecule has 2 rings (SSSR count). The average Bonchev–Trinajstić information content (AvgIpc) is 2.79. The van der Waals surface area contributed by atoms with Crippen LogP contribution in [0.5, 0.6) is 0 Å². The molecule has 0 radical (unpaired) electrons. The number of benzene rings is 1. The van der Waals surface area contributed by atoms with Crippen molar-refractivity contribution in [2.45, 2.75) is 6.54 Å². The highest BCUT2D eigenvalue weighted by Gasteiger charge is 2.21. The Morgan fingerprint density at radius 1 is 1.50 bits per heavy atom. The molecule has 0 aliphatic heterocycles. The number of rotatable bonds is 4. The molecule has 18 heavy (non-hydrogen) atoms. The monoisotopic (exact) mass is 316 g/mol. The standard InChI is InChI=1S/C9H6BrFN4O3/c10-6-3-5(1-2-7(6)11)12-4-8-9(15(16)17)14-18-13-8/h1-3,12H,4H2. The van der Waals surface area contributed by atoms with E-state index < -0.39 is 16.6 Å². The summed E-state index contributed by atoms with van der Waals surface area (Å²) in [7, 11) is 0. The van der Waals surface area contributed by atoms with Crippen molar-refractivity contribution in [1.82, 2.24) is 10.3 Å². The molecule has 0 unspecified atom stereocenters. The van der Waals surface area contributed by atoms with E-state index in [1.807, 2.05) is 0 Å². The van der Waals surface area contributed by atoms with Crippen molar-refractivity contribution < 1.29 is 13.9 Å². The van der Waals surface area contributed by atoms with Gasteiger partial charge in [0.25, 0.3) is 0 Å². The van der Waals surface area contributed by atoms with Crippen LogP contribution in [0, 0.1) is 15.9 Å². The van der Waals surface area contributed by atoms with Gasteiger partial charge in [0.1, 0.15) is 5.82 Å². The Kier molecular flexibility index (Phi) is 3.51. The second-order valence-electron chi connectivity index (χ2n) is 3.27. The normalized spacial score (nSPS) is 10.3. The van der Waals surface area contributed by atoms with Crippen LogP contribution in [0.4, 0.5) is 15.9 Å². The van der Waals surface area contributed by atoms with Crippen molar-refractivity contribution in [3.8, 4) is 0 Å². The molecule has 1 aromatic carbocycles. The first kappa shape index (κ1) is 12.4. The molecular weight excluding hydrogens is 311 g/mol. The van der Waals surface area contributed by atoms with Crippen LogP contribution in [-0.2, 0) is 6.54 Å². The summed E-state index contributed by atoms with van der Waals surface area (Å²) in [6.45, 7) is 0.0535.